The fraction of sp³-hybridized carbons (Fsp3) is 0.267. The van der Waals surface area contributed by atoms with Crippen LogP contribution in [0.2, 0.25) is 0 Å². The Kier molecular flexibility index (Phi) is 3.62. The van der Waals surface area contributed by atoms with Crippen LogP contribution in [0.3, 0.4) is 0 Å². The highest BCUT2D eigenvalue weighted by molar-refractivity contribution is 7.98. The van der Waals surface area contributed by atoms with Gasteiger partial charge in [-0.3, -0.25) is 4.79 Å². The van der Waals surface area contributed by atoms with Crippen LogP contribution >= 0.6 is 23.1 Å². The minimum Gasteiger partial charge on any atom is -0.492 e. The molecule has 19 heavy (non-hydrogen) atoms. The number of hydrogen-bond acceptors (Lipinski definition) is 4. The van der Waals surface area contributed by atoms with Crippen molar-refractivity contribution in [3.8, 4) is 16.2 Å². The number of ketones is 1. The molecule has 0 bridgehead atoms. The summed E-state index contributed by atoms with van der Waals surface area (Å²) in [5.74, 6) is 1.75. The number of carbonyl (C=O) groups excluding carboxylic acids is 1. The minimum atomic E-state index is -0.0129. The van der Waals surface area contributed by atoms with E-state index in [4.69, 9.17) is 4.74 Å². The fourth-order valence-electron chi connectivity index (χ4n) is 2.26. The summed E-state index contributed by atoms with van der Waals surface area (Å²) in [6.07, 6.45) is 2.02. The van der Waals surface area contributed by atoms with Crippen molar-refractivity contribution in [2.45, 2.75) is 0 Å². The van der Waals surface area contributed by atoms with Crippen LogP contribution in [0.1, 0.15) is 10.4 Å². The predicted octanol–water partition coefficient (Wildman–Crippen LogP) is 3.97. The van der Waals surface area contributed by atoms with Gasteiger partial charge in [-0.25, -0.2) is 0 Å². The highest BCUT2D eigenvalue weighted by Gasteiger charge is 2.28. The molecule has 1 unspecified atom stereocenters. The van der Waals surface area contributed by atoms with Crippen LogP contribution in [0.25, 0.3) is 10.4 Å². The van der Waals surface area contributed by atoms with E-state index >= 15 is 0 Å². The first-order valence-corrected chi connectivity index (χ1v) is 8.41. The van der Waals surface area contributed by atoms with Crippen molar-refractivity contribution < 1.29 is 9.53 Å². The first kappa shape index (κ1) is 12.8. The molecule has 0 fully saturated rings. The largest absolute Gasteiger partial charge is 0.492 e. The fourth-order valence-corrected chi connectivity index (χ4v) is 3.63. The van der Waals surface area contributed by atoms with Crippen LogP contribution in [-0.4, -0.2) is 24.4 Å². The molecule has 2 heterocycles. The lowest BCUT2D eigenvalue weighted by atomic mass is 9.95. The molecule has 0 saturated heterocycles. The number of thiophene rings is 1. The molecule has 0 N–H and O–H groups in total. The molecule has 0 radical (unpaired) electrons. The van der Waals surface area contributed by atoms with Crippen molar-refractivity contribution in [1.82, 2.24) is 0 Å². The highest BCUT2D eigenvalue weighted by atomic mass is 32.2. The molecule has 4 heteroatoms. The van der Waals surface area contributed by atoms with Gasteiger partial charge in [-0.1, -0.05) is 6.07 Å². The second-order valence-corrected chi connectivity index (χ2v) is 6.37. The number of hydrogen-bond donors (Lipinski definition) is 0. The second-order valence-electron chi connectivity index (χ2n) is 4.52. The van der Waals surface area contributed by atoms with Gasteiger partial charge in [0.15, 0.2) is 5.78 Å². The molecular formula is C15H14O2S2. The van der Waals surface area contributed by atoms with E-state index < -0.39 is 0 Å². The average molecular weight is 290 g/mol. The number of fused-ring (bicyclic) bond motifs is 1. The summed E-state index contributed by atoms with van der Waals surface area (Å²) in [6, 6.07) is 9.99. The lowest BCUT2D eigenvalue weighted by molar-refractivity contribution is 0.0853. The number of ether oxygens (including phenoxy) is 1. The Morgan fingerprint density at radius 3 is 3.05 bits per heavy atom. The Labute approximate surface area is 120 Å². The zero-order chi connectivity index (χ0) is 13.2. The van der Waals surface area contributed by atoms with Gasteiger partial charge in [-0.15, -0.1) is 11.3 Å². The number of benzene rings is 1. The van der Waals surface area contributed by atoms with E-state index in [0.717, 1.165) is 22.6 Å². The Balaban J connectivity index is 1.98. The Bertz CT molecular complexity index is 590. The van der Waals surface area contributed by atoms with Crippen molar-refractivity contribution in [2.75, 3.05) is 18.6 Å². The zero-order valence-corrected chi connectivity index (χ0v) is 12.2. The summed E-state index contributed by atoms with van der Waals surface area (Å²) in [5, 5.41) is 2.05. The van der Waals surface area contributed by atoms with Gasteiger partial charge in [-0.05, 0) is 41.5 Å². The van der Waals surface area contributed by atoms with Gasteiger partial charge in [0.1, 0.15) is 5.75 Å². The van der Waals surface area contributed by atoms with Crippen LogP contribution in [-0.2, 0) is 0 Å². The molecule has 0 saturated carbocycles. The number of carbonyl (C=O) groups is 1. The number of Topliss-reactive ketones (excluding diaryl/α,β-unsaturated/α-hetero) is 1. The average Bonchev–Trinajstić information content (AvgIpc) is 2.96. The highest BCUT2D eigenvalue weighted by Crippen LogP contribution is 2.34. The van der Waals surface area contributed by atoms with Gasteiger partial charge in [0, 0.05) is 10.6 Å². The SMILES string of the molecule is CSCC1COc2ccc(-c3cccs3)cc2C1=O. The van der Waals surface area contributed by atoms with Crippen molar-refractivity contribution >= 4 is 28.9 Å². The zero-order valence-electron chi connectivity index (χ0n) is 10.6. The number of rotatable bonds is 3. The molecule has 0 amide bonds. The molecule has 1 aromatic carbocycles. The molecule has 1 aliphatic rings. The lowest BCUT2D eigenvalue weighted by Gasteiger charge is -2.23. The Morgan fingerprint density at radius 2 is 2.32 bits per heavy atom. The maximum Gasteiger partial charge on any atom is 0.173 e. The van der Waals surface area contributed by atoms with Crippen LogP contribution < -0.4 is 4.74 Å². The van der Waals surface area contributed by atoms with Crippen molar-refractivity contribution in [1.29, 1.82) is 0 Å². The maximum absolute atomic E-state index is 12.4. The summed E-state index contributed by atoms with van der Waals surface area (Å²) in [5.41, 5.74) is 1.83. The van der Waals surface area contributed by atoms with Crippen LogP contribution in [0.5, 0.6) is 5.75 Å². The smallest absolute Gasteiger partial charge is 0.173 e. The molecule has 3 rings (SSSR count). The molecule has 1 aliphatic heterocycles. The standard InChI is InChI=1S/C15H14O2S2/c1-18-9-11-8-17-13-5-4-10(7-12(13)15(11)16)14-3-2-6-19-14/h2-7,11H,8-9H2,1H3. The summed E-state index contributed by atoms with van der Waals surface area (Å²) < 4.78 is 5.70. The van der Waals surface area contributed by atoms with Crippen LogP contribution in [0, 0.1) is 5.92 Å². The van der Waals surface area contributed by atoms with Crippen LogP contribution in [0.15, 0.2) is 35.7 Å². The summed E-state index contributed by atoms with van der Waals surface area (Å²) >= 11 is 3.37. The third kappa shape index (κ3) is 2.42. The number of thioether (sulfide) groups is 1. The van der Waals surface area contributed by atoms with Crippen molar-refractivity contribution in [3.63, 3.8) is 0 Å². The van der Waals surface area contributed by atoms with Crippen molar-refractivity contribution in [2.24, 2.45) is 5.92 Å². The first-order valence-electron chi connectivity index (χ1n) is 6.13. The molecule has 98 valence electrons. The van der Waals surface area contributed by atoms with Gasteiger partial charge in [-0.2, -0.15) is 11.8 Å². The Hall–Kier alpha value is -1.26. The summed E-state index contributed by atoms with van der Waals surface area (Å²) in [6.45, 7) is 0.505. The molecular weight excluding hydrogens is 276 g/mol. The first-order chi connectivity index (χ1) is 9.29. The normalized spacial score (nSPS) is 17.9. The molecule has 2 aromatic rings. The van der Waals surface area contributed by atoms with E-state index in [1.807, 2.05) is 35.9 Å². The van der Waals surface area contributed by atoms with Gasteiger partial charge in [0.05, 0.1) is 18.1 Å². The molecule has 1 atom stereocenters. The summed E-state index contributed by atoms with van der Waals surface area (Å²) in [4.78, 5) is 13.6. The van der Waals surface area contributed by atoms with Crippen molar-refractivity contribution in [3.05, 3.63) is 41.3 Å². The molecule has 2 nitrogen and oxygen atoms in total. The van der Waals surface area contributed by atoms with Crippen LogP contribution in [0.4, 0.5) is 0 Å². The van der Waals surface area contributed by atoms with E-state index in [9.17, 15) is 4.79 Å². The third-order valence-electron chi connectivity index (χ3n) is 3.23. The van der Waals surface area contributed by atoms with Gasteiger partial charge < -0.3 is 4.74 Å². The van der Waals surface area contributed by atoms with E-state index in [1.165, 1.54) is 4.88 Å². The topological polar surface area (TPSA) is 26.3 Å². The lowest BCUT2D eigenvalue weighted by Crippen LogP contribution is -2.29. The van der Waals surface area contributed by atoms with Gasteiger partial charge >= 0.3 is 0 Å². The molecule has 1 aromatic heterocycles. The quantitative estimate of drug-likeness (QED) is 0.855. The predicted molar refractivity (Wildman–Crippen MR) is 81.5 cm³/mol. The van der Waals surface area contributed by atoms with E-state index in [1.54, 1.807) is 23.1 Å². The van der Waals surface area contributed by atoms with E-state index in [0.29, 0.717) is 6.61 Å². The monoisotopic (exact) mass is 290 g/mol. The van der Waals surface area contributed by atoms with Gasteiger partial charge in [0.25, 0.3) is 0 Å². The Morgan fingerprint density at radius 1 is 1.42 bits per heavy atom. The van der Waals surface area contributed by atoms with E-state index in [2.05, 4.69) is 6.07 Å². The molecule has 0 aliphatic carbocycles. The summed E-state index contributed by atoms with van der Waals surface area (Å²) in [7, 11) is 0. The maximum atomic E-state index is 12.4. The molecule has 0 spiro atoms. The second kappa shape index (κ2) is 5.39. The van der Waals surface area contributed by atoms with E-state index in [-0.39, 0.29) is 11.7 Å². The minimum absolute atomic E-state index is 0.0129. The third-order valence-corrected chi connectivity index (χ3v) is 4.88. The van der Waals surface area contributed by atoms with Gasteiger partial charge in [0.2, 0.25) is 0 Å².